The Morgan fingerprint density at radius 3 is 2.94 bits per heavy atom. The summed E-state index contributed by atoms with van der Waals surface area (Å²) in [5, 5.41) is 8.75. The number of rotatable bonds is 4. The molecule has 2 aromatic rings. The van der Waals surface area contributed by atoms with Crippen LogP contribution in [0.4, 0.5) is 4.39 Å². The summed E-state index contributed by atoms with van der Waals surface area (Å²) in [6.07, 6.45) is 2.88. The SMILES string of the molecule is COc1ccc(-c2cncn2CC(=O)O)cc1F. The van der Waals surface area contributed by atoms with Gasteiger partial charge in [-0.2, -0.15) is 0 Å². The molecule has 1 N–H and O–H groups in total. The van der Waals surface area contributed by atoms with Gasteiger partial charge in [0, 0.05) is 5.56 Å². The maximum atomic E-state index is 13.6. The van der Waals surface area contributed by atoms with Gasteiger partial charge in [0.25, 0.3) is 0 Å². The number of benzene rings is 1. The second-order valence-corrected chi connectivity index (χ2v) is 3.65. The Kier molecular flexibility index (Phi) is 3.27. The van der Waals surface area contributed by atoms with Crippen molar-refractivity contribution in [3.63, 3.8) is 0 Å². The summed E-state index contributed by atoms with van der Waals surface area (Å²) in [4.78, 5) is 14.5. The normalized spacial score (nSPS) is 10.3. The number of carboxylic acids is 1. The van der Waals surface area contributed by atoms with Crippen LogP contribution in [0.5, 0.6) is 5.75 Å². The van der Waals surface area contributed by atoms with E-state index in [1.807, 2.05) is 0 Å². The van der Waals surface area contributed by atoms with E-state index in [4.69, 9.17) is 9.84 Å². The molecule has 0 amide bonds. The molecule has 0 atom stereocenters. The number of carboxylic acid groups (broad SMARTS) is 1. The average molecular weight is 250 g/mol. The molecule has 5 nitrogen and oxygen atoms in total. The minimum atomic E-state index is -0.983. The monoisotopic (exact) mass is 250 g/mol. The molecule has 2 rings (SSSR count). The summed E-state index contributed by atoms with van der Waals surface area (Å²) < 4.78 is 19.8. The number of hydrogen-bond donors (Lipinski definition) is 1. The van der Waals surface area contributed by atoms with Crippen molar-refractivity contribution < 1.29 is 19.0 Å². The number of halogens is 1. The lowest BCUT2D eigenvalue weighted by atomic mass is 10.1. The molecule has 0 unspecified atom stereocenters. The van der Waals surface area contributed by atoms with E-state index in [1.165, 1.54) is 36.3 Å². The third kappa shape index (κ3) is 2.32. The molecule has 1 aromatic heterocycles. The van der Waals surface area contributed by atoms with Gasteiger partial charge in [-0.25, -0.2) is 9.37 Å². The van der Waals surface area contributed by atoms with Crippen molar-refractivity contribution in [2.75, 3.05) is 7.11 Å². The van der Waals surface area contributed by atoms with E-state index in [0.717, 1.165) is 0 Å². The number of methoxy groups -OCH3 is 1. The molecule has 0 aliphatic rings. The van der Waals surface area contributed by atoms with Gasteiger partial charge in [-0.1, -0.05) is 0 Å². The summed E-state index contributed by atoms with van der Waals surface area (Å²) >= 11 is 0. The van der Waals surface area contributed by atoms with E-state index in [-0.39, 0.29) is 12.3 Å². The molecular weight excluding hydrogens is 239 g/mol. The molecule has 0 radical (unpaired) electrons. The Morgan fingerprint density at radius 1 is 1.56 bits per heavy atom. The van der Waals surface area contributed by atoms with E-state index < -0.39 is 11.8 Å². The third-order valence-corrected chi connectivity index (χ3v) is 2.47. The van der Waals surface area contributed by atoms with Crippen molar-refractivity contribution >= 4 is 5.97 Å². The van der Waals surface area contributed by atoms with Gasteiger partial charge >= 0.3 is 5.97 Å². The Bertz CT molecular complexity index is 580. The van der Waals surface area contributed by atoms with Crippen LogP contribution in [-0.2, 0) is 11.3 Å². The van der Waals surface area contributed by atoms with Crippen LogP contribution in [0.1, 0.15) is 0 Å². The number of aromatic nitrogens is 2. The van der Waals surface area contributed by atoms with Crippen LogP contribution in [0.2, 0.25) is 0 Å². The molecule has 94 valence electrons. The smallest absolute Gasteiger partial charge is 0.323 e. The van der Waals surface area contributed by atoms with Gasteiger partial charge in [-0.05, 0) is 18.2 Å². The lowest BCUT2D eigenvalue weighted by Crippen LogP contribution is -2.08. The average Bonchev–Trinajstić information content (AvgIpc) is 2.76. The fourth-order valence-corrected chi connectivity index (χ4v) is 1.66. The molecule has 0 aliphatic carbocycles. The van der Waals surface area contributed by atoms with Gasteiger partial charge in [0.15, 0.2) is 11.6 Å². The molecular formula is C12H11FN2O3. The van der Waals surface area contributed by atoms with Gasteiger partial charge < -0.3 is 14.4 Å². The molecule has 6 heteroatoms. The van der Waals surface area contributed by atoms with Crippen molar-refractivity contribution in [2.24, 2.45) is 0 Å². The highest BCUT2D eigenvalue weighted by atomic mass is 19.1. The quantitative estimate of drug-likeness (QED) is 0.898. The molecule has 0 bridgehead atoms. The zero-order valence-corrected chi connectivity index (χ0v) is 9.63. The van der Waals surface area contributed by atoms with Crippen molar-refractivity contribution in [1.29, 1.82) is 0 Å². The first kappa shape index (κ1) is 12.1. The Morgan fingerprint density at radius 2 is 2.33 bits per heavy atom. The van der Waals surface area contributed by atoms with Crippen molar-refractivity contribution in [3.05, 3.63) is 36.5 Å². The molecule has 1 heterocycles. The maximum absolute atomic E-state index is 13.6. The first-order valence-electron chi connectivity index (χ1n) is 5.17. The highest BCUT2D eigenvalue weighted by molar-refractivity contribution is 5.69. The first-order valence-corrected chi connectivity index (χ1v) is 5.17. The van der Waals surface area contributed by atoms with Gasteiger partial charge in [0.2, 0.25) is 0 Å². The Hall–Kier alpha value is -2.37. The largest absolute Gasteiger partial charge is 0.494 e. The summed E-state index contributed by atoms with van der Waals surface area (Å²) in [6, 6.07) is 4.42. The second kappa shape index (κ2) is 4.87. The molecule has 1 aromatic carbocycles. The van der Waals surface area contributed by atoms with E-state index in [1.54, 1.807) is 6.07 Å². The fourth-order valence-electron chi connectivity index (χ4n) is 1.66. The number of carbonyl (C=O) groups is 1. The van der Waals surface area contributed by atoms with Gasteiger partial charge in [0.05, 0.1) is 25.3 Å². The Labute approximate surface area is 102 Å². The minimum Gasteiger partial charge on any atom is -0.494 e. The predicted molar refractivity (Wildman–Crippen MR) is 61.8 cm³/mol. The summed E-state index contributed by atoms with van der Waals surface area (Å²) in [5.41, 5.74) is 1.09. The minimum absolute atomic E-state index is 0.142. The lowest BCUT2D eigenvalue weighted by molar-refractivity contribution is -0.137. The molecule has 18 heavy (non-hydrogen) atoms. The van der Waals surface area contributed by atoms with Crippen LogP contribution >= 0.6 is 0 Å². The standard InChI is InChI=1S/C12H11FN2O3/c1-18-11-3-2-8(4-9(11)13)10-5-14-7-15(10)6-12(16)17/h2-5,7H,6H2,1H3,(H,16,17). The predicted octanol–water partition coefficient (Wildman–Crippen LogP) is 1.78. The molecule has 0 saturated carbocycles. The zero-order chi connectivity index (χ0) is 13.1. The van der Waals surface area contributed by atoms with Crippen LogP contribution in [0.25, 0.3) is 11.3 Å². The van der Waals surface area contributed by atoms with Crippen LogP contribution in [0.15, 0.2) is 30.7 Å². The van der Waals surface area contributed by atoms with Crippen molar-refractivity contribution in [1.82, 2.24) is 9.55 Å². The second-order valence-electron chi connectivity index (χ2n) is 3.65. The third-order valence-electron chi connectivity index (χ3n) is 2.47. The molecule has 0 fully saturated rings. The number of aliphatic carboxylic acids is 1. The maximum Gasteiger partial charge on any atom is 0.323 e. The highest BCUT2D eigenvalue weighted by Crippen LogP contribution is 2.25. The number of imidazole rings is 1. The molecule has 0 saturated heterocycles. The van der Waals surface area contributed by atoms with E-state index in [9.17, 15) is 9.18 Å². The van der Waals surface area contributed by atoms with Gasteiger partial charge in [-0.15, -0.1) is 0 Å². The summed E-state index contributed by atoms with van der Waals surface area (Å²) in [6.45, 7) is -0.219. The van der Waals surface area contributed by atoms with Gasteiger partial charge in [0.1, 0.15) is 6.54 Å². The van der Waals surface area contributed by atoms with E-state index >= 15 is 0 Å². The fraction of sp³-hybridized carbons (Fsp3) is 0.167. The number of ether oxygens (including phenoxy) is 1. The van der Waals surface area contributed by atoms with Crippen LogP contribution in [0, 0.1) is 5.82 Å². The number of hydrogen-bond acceptors (Lipinski definition) is 3. The van der Waals surface area contributed by atoms with Crippen molar-refractivity contribution in [2.45, 2.75) is 6.54 Å². The van der Waals surface area contributed by atoms with Crippen LogP contribution < -0.4 is 4.74 Å². The topological polar surface area (TPSA) is 64.4 Å². The summed E-state index contributed by atoms with van der Waals surface area (Å²) in [7, 11) is 1.38. The van der Waals surface area contributed by atoms with Crippen LogP contribution in [0.3, 0.4) is 0 Å². The van der Waals surface area contributed by atoms with Crippen molar-refractivity contribution in [3.8, 4) is 17.0 Å². The summed E-state index contributed by atoms with van der Waals surface area (Å²) in [5.74, 6) is -1.34. The van der Waals surface area contributed by atoms with Gasteiger partial charge in [-0.3, -0.25) is 4.79 Å². The lowest BCUT2D eigenvalue weighted by Gasteiger charge is -2.07. The molecule has 0 spiro atoms. The zero-order valence-electron chi connectivity index (χ0n) is 9.63. The van der Waals surface area contributed by atoms with E-state index in [0.29, 0.717) is 11.3 Å². The first-order chi connectivity index (χ1) is 8.61. The highest BCUT2D eigenvalue weighted by Gasteiger charge is 2.10. The van der Waals surface area contributed by atoms with E-state index in [2.05, 4.69) is 4.98 Å². The molecule has 0 aliphatic heterocycles. The Balaban J connectivity index is 2.40. The number of nitrogens with zero attached hydrogens (tertiary/aromatic N) is 2. The van der Waals surface area contributed by atoms with Crippen LogP contribution in [-0.4, -0.2) is 27.7 Å².